The standard InChI is InChI=1S/C22H30N2O5S2/c1-14-15(2)31-19(23-21(27)22(3,4)5)18(14)20(26)29-13-17(25)24(9-10-28-6)12-16-8-7-11-30-16/h7-8,11H,9-10,12-13H2,1-6H3,(H,23,27). The molecule has 0 saturated carbocycles. The van der Waals surface area contributed by atoms with Crippen molar-refractivity contribution in [3.63, 3.8) is 0 Å². The summed E-state index contributed by atoms with van der Waals surface area (Å²) in [6, 6.07) is 3.87. The summed E-state index contributed by atoms with van der Waals surface area (Å²) < 4.78 is 10.5. The van der Waals surface area contributed by atoms with Crippen LogP contribution in [0.25, 0.3) is 0 Å². The molecule has 31 heavy (non-hydrogen) atoms. The molecule has 0 bridgehead atoms. The zero-order valence-electron chi connectivity index (χ0n) is 18.9. The molecule has 0 saturated heterocycles. The van der Waals surface area contributed by atoms with Gasteiger partial charge >= 0.3 is 5.97 Å². The molecule has 2 heterocycles. The predicted molar refractivity (Wildman–Crippen MR) is 124 cm³/mol. The lowest BCUT2D eigenvalue weighted by molar-refractivity contribution is -0.135. The van der Waals surface area contributed by atoms with Gasteiger partial charge in [0.05, 0.1) is 18.7 Å². The highest BCUT2D eigenvalue weighted by Gasteiger charge is 2.27. The molecule has 0 unspecified atom stereocenters. The fraction of sp³-hybridized carbons (Fsp3) is 0.500. The average molecular weight is 467 g/mol. The molecule has 0 aliphatic rings. The summed E-state index contributed by atoms with van der Waals surface area (Å²) in [6.07, 6.45) is 0. The van der Waals surface area contributed by atoms with E-state index < -0.39 is 11.4 Å². The Kier molecular flexibility index (Phi) is 8.79. The Bertz CT molecular complexity index is 913. The predicted octanol–water partition coefficient (Wildman–Crippen LogP) is 4.24. The van der Waals surface area contributed by atoms with Gasteiger partial charge in [0, 0.05) is 28.8 Å². The molecule has 0 spiro atoms. The van der Waals surface area contributed by atoms with Crippen molar-refractivity contribution in [1.29, 1.82) is 0 Å². The third kappa shape index (κ3) is 6.88. The van der Waals surface area contributed by atoms with E-state index in [2.05, 4.69) is 5.32 Å². The molecule has 0 radical (unpaired) electrons. The topological polar surface area (TPSA) is 84.9 Å². The molecule has 0 atom stereocenters. The molecular formula is C22H30N2O5S2. The summed E-state index contributed by atoms with van der Waals surface area (Å²) in [5.41, 5.74) is 0.433. The van der Waals surface area contributed by atoms with Crippen LogP contribution in [0.4, 0.5) is 5.00 Å². The smallest absolute Gasteiger partial charge is 0.341 e. The molecule has 2 aromatic rings. The first-order valence-electron chi connectivity index (χ1n) is 9.92. The van der Waals surface area contributed by atoms with Crippen molar-refractivity contribution in [2.45, 2.75) is 41.2 Å². The van der Waals surface area contributed by atoms with Crippen LogP contribution in [0.2, 0.25) is 0 Å². The molecule has 9 heteroatoms. The van der Waals surface area contributed by atoms with Crippen LogP contribution in [0.3, 0.4) is 0 Å². The van der Waals surface area contributed by atoms with Crippen LogP contribution in [-0.4, -0.2) is 49.6 Å². The average Bonchev–Trinajstić information content (AvgIpc) is 3.30. The number of aryl methyl sites for hydroxylation is 1. The van der Waals surface area contributed by atoms with Gasteiger partial charge in [-0.15, -0.1) is 22.7 Å². The highest BCUT2D eigenvalue weighted by atomic mass is 32.1. The van der Waals surface area contributed by atoms with E-state index in [1.54, 1.807) is 51.0 Å². The van der Waals surface area contributed by atoms with Crippen molar-refractivity contribution in [3.8, 4) is 0 Å². The van der Waals surface area contributed by atoms with Gasteiger partial charge in [-0.3, -0.25) is 9.59 Å². The number of amides is 2. The Balaban J connectivity index is 2.09. The lowest BCUT2D eigenvalue weighted by Gasteiger charge is -2.22. The van der Waals surface area contributed by atoms with Crippen LogP contribution < -0.4 is 5.32 Å². The molecular weight excluding hydrogens is 436 g/mol. The van der Waals surface area contributed by atoms with E-state index in [-0.39, 0.29) is 18.4 Å². The number of esters is 1. The fourth-order valence-corrected chi connectivity index (χ4v) is 4.39. The van der Waals surface area contributed by atoms with E-state index in [9.17, 15) is 14.4 Å². The number of carbonyl (C=O) groups is 3. The normalized spacial score (nSPS) is 11.3. The van der Waals surface area contributed by atoms with Crippen molar-refractivity contribution in [2.24, 2.45) is 5.41 Å². The highest BCUT2D eigenvalue weighted by molar-refractivity contribution is 7.16. The van der Waals surface area contributed by atoms with Crippen LogP contribution >= 0.6 is 22.7 Å². The minimum Gasteiger partial charge on any atom is -0.452 e. The number of hydrogen-bond acceptors (Lipinski definition) is 7. The first-order chi connectivity index (χ1) is 14.5. The largest absolute Gasteiger partial charge is 0.452 e. The van der Waals surface area contributed by atoms with Gasteiger partial charge < -0.3 is 19.7 Å². The van der Waals surface area contributed by atoms with Crippen molar-refractivity contribution < 1.29 is 23.9 Å². The quantitative estimate of drug-likeness (QED) is 0.559. The molecule has 7 nitrogen and oxygen atoms in total. The minimum absolute atomic E-state index is 0.194. The molecule has 0 aromatic carbocycles. The first-order valence-corrected chi connectivity index (χ1v) is 11.6. The Labute approximate surface area is 191 Å². The molecule has 0 aliphatic carbocycles. The van der Waals surface area contributed by atoms with Gasteiger partial charge in [-0.05, 0) is 30.9 Å². The van der Waals surface area contributed by atoms with E-state index in [1.807, 2.05) is 24.4 Å². The minimum atomic E-state index is -0.623. The zero-order chi connectivity index (χ0) is 23.2. The van der Waals surface area contributed by atoms with Crippen LogP contribution in [0.5, 0.6) is 0 Å². The van der Waals surface area contributed by atoms with Crippen LogP contribution in [0, 0.1) is 19.3 Å². The number of rotatable bonds is 9. The molecule has 2 amide bonds. The van der Waals surface area contributed by atoms with Gasteiger partial charge in [0.1, 0.15) is 5.00 Å². The summed E-state index contributed by atoms with van der Waals surface area (Å²) in [4.78, 5) is 41.5. The second-order valence-corrected chi connectivity index (χ2v) is 10.4. The Morgan fingerprint density at radius 3 is 2.48 bits per heavy atom. The first kappa shape index (κ1) is 25.0. The Morgan fingerprint density at radius 2 is 1.90 bits per heavy atom. The van der Waals surface area contributed by atoms with E-state index in [0.717, 1.165) is 15.3 Å². The number of thiophene rings is 2. The molecule has 0 fully saturated rings. The molecule has 1 N–H and O–H groups in total. The number of anilines is 1. The summed E-state index contributed by atoms with van der Waals surface area (Å²) in [5.74, 6) is -1.12. The van der Waals surface area contributed by atoms with E-state index in [1.165, 1.54) is 11.3 Å². The third-order valence-electron chi connectivity index (χ3n) is 4.67. The SMILES string of the molecule is COCCN(Cc1cccs1)C(=O)COC(=O)c1c(NC(=O)C(C)(C)C)sc(C)c1C. The maximum Gasteiger partial charge on any atom is 0.341 e. The Hall–Kier alpha value is -2.23. The molecule has 170 valence electrons. The number of nitrogens with one attached hydrogen (secondary N) is 1. The number of ether oxygens (including phenoxy) is 2. The summed E-state index contributed by atoms with van der Waals surface area (Å²) in [6.45, 7) is 9.92. The number of hydrogen-bond donors (Lipinski definition) is 1. The van der Waals surface area contributed by atoms with Crippen LogP contribution in [0.15, 0.2) is 17.5 Å². The maximum absolute atomic E-state index is 12.8. The second kappa shape index (κ2) is 10.9. The molecule has 2 rings (SSSR count). The van der Waals surface area contributed by atoms with Gasteiger partial charge in [-0.2, -0.15) is 0 Å². The molecule has 2 aromatic heterocycles. The third-order valence-corrected chi connectivity index (χ3v) is 6.65. The summed E-state index contributed by atoms with van der Waals surface area (Å²) >= 11 is 2.88. The fourth-order valence-electron chi connectivity index (χ4n) is 2.63. The van der Waals surface area contributed by atoms with E-state index in [0.29, 0.717) is 30.3 Å². The van der Waals surface area contributed by atoms with Gasteiger partial charge in [-0.25, -0.2) is 4.79 Å². The highest BCUT2D eigenvalue weighted by Crippen LogP contribution is 2.34. The van der Waals surface area contributed by atoms with E-state index in [4.69, 9.17) is 9.47 Å². The van der Waals surface area contributed by atoms with Gasteiger partial charge in [-0.1, -0.05) is 26.8 Å². The number of methoxy groups -OCH3 is 1. The lowest BCUT2D eigenvalue weighted by atomic mass is 9.96. The van der Waals surface area contributed by atoms with Crippen molar-refractivity contribution in [3.05, 3.63) is 38.4 Å². The second-order valence-electron chi connectivity index (χ2n) is 8.16. The van der Waals surface area contributed by atoms with E-state index >= 15 is 0 Å². The number of carbonyl (C=O) groups excluding carboxylic acids is 3. The van der Waals surface area contributed by atoms with Crippen molar-refractivity contribution >= 4 is 45.5 Å². The number of nitrogens with zero attached hydrogens (tertiary/aromatic N) is 1. The van der Waals surface area contributed by atoms with Gasteiger partial charge in [0.2, 0.25) is 5.91 Å². The summed E-state index contributed by atoms with van der Waals surface area (Å²) in [5, 5.41) is 5.22. The lowest BCUT2D eigenvalue weighted by Crippen LogP contribution is -2.36. The van der Waals surface area contributed by atoms with Gasteiger partial charge in [0.15, 0.2) is 6.61 Å². The van der Waals surface area contributed by atoms with Crippen LogP contribution in [-0.2, 0) is 25.6 Å². The Morgan fingerprint density at radius 1 is 1.19 bits per heavy atom. The summed E-state index contributed by atoms with van der Waals surface area (Å²) in [7, 11) is 1.57. The monoisotopic (exact) mass is 466 g/mol. The molecule has 0 aliphatic heterocycles. The maximum atomic E-state index is 12.8. The van der Waals surface area contributed by atoms with Crippen molar-refractivity contribution in [1.82, 2.24) is 4.90 Å². The van der Waals surface area contributed by atoms with Crippen LogP contribution in [0.1, 0.15) is 46.4 Å². The van der Waals surface area contributed by atoms with Crippen molar-refractivity contribution in [2.75, 3.05) is 32.2 Å². The van der Waals surface area contributed by atoms with Gasteiger partial charge in [0.25, 0.3) is 5.91 Å². The zero-order valence-corrected chi connectivity index (χ0v) is 20.5.